The zero-order chi connectivity index (χ0) is 10.7. The number of esters is 1. The molecule has 2 N–H and O–H groups in total. The van der Waals surface area contributed by atoms with Crippen LogP contribution >= 0.6 is 0 Å². The Bertz CT molecular complexity index is 390. The van der Waals surface area contributed by atoms with Crippen molar-refractivity contribution < 1.29 is 18.7 Å². The van der Waals surface area contributed by atoms with E-state index in [9.17, 15) is 14.0 Å². The maximum absolute atomic E-state index is 13.0. The molecule has 0 atom stereocenters. The van der Waals surface area contributed by atoms with Gasteiger partial charge in [0.2, 0.25) is 5.91 Å². The number of carbonyl (C=O) groups excluding carboxylic acids is 2. The van der Waals surface area contributed by atoms with Crippen LogP contribution in [0.4, 0.5) is 4.39 Å². The largest absolute Gasteiger partial charge is 0.465 e. The molecule has 1 rings (SSSR count). The highest BCUT2D eigenvalue weighted by Crippen LogP contribution is 2.11. The maximum atomic E-state index is 13.0. The predicted molar refractivity (Wildman–Crippen MR) is 46.3 cm³/mol. The zero-order valence-electron chi connectivity index (χ0n) is 7.41. The molecule has 1 aromatic rings. The molecule has 0 aromatic heterocycles. The van der Waals surface area contributed by atoms with Crippen LogP contribution < -0.4 is 5.73 Å². The van der Waals surface area contributed by atoms with E-state index >= 15 is 0 Å². The summed E-state index contributed by atoms with van der Waals surface area (Å²) in [6, 6.07) is 3.25. The average Bonchev–Trinajstić information content (AvgIpc) is 2.17. The van der Waals surface area contributed by atoms with Gasteiger partial charge in [-0.1, -0.05) is 0 Å². The van der Waals surface area contributed by atoms with Gasteiger partial charge in [0.05, 0.1) is 12.7 Å². The molecule has 0 spiro atoms. The Morgan fingerprint density at radius 2 is 2.07 bits per heavy atom. The first-order valence-electron chi connectivity index (χ1n) is 3.74. The number of hydrogen-bond donors (Lipinski definition) is 1. The Hall–Kier alpha value is -1.91. The van der Waals surface area contributed by atoms with Gasteiger partial charge in [-0.25, -0.2) is 9.18 Å². The van der Waals surface area contributed by atoms with Crippen LogP contribution in [-0.4, -0.2) is 19.0 Å². The van der Waals surface area contributed by atoms with Gasteiger partial charge in [0.15, 0.2) is 0 Å². The summed E-state index contributed by atoms with van der Waals surface area (Å²) >= 11 is 0. The minimum Gasteiger partial charge on any atom is -0.465 e. The molecule has 5 heteroatoms. The van der Waals surface area contributed by atoms with Crippen molar-refractivity contribution in [3.05, 3.63) is 35.1 Å². The van der Waals surface area contributed by atoms with Crippen molar-refractivity contribution in [1.82, 2.24) is 0 Å². The van der Waals surface area contributed by atoms with Gasteiger partial charge in [-0.15, -0.1) is 0 Å². The van der Waals surface area contributed by atoms with Gasteiger partial charge in [-0.3, -0.25) is 4.79 Å². The smallest absolute Gasteiger partial charge is 0.340 e. The Morgan fingerprint density at radius 1 is 1.43 bits per heavy atom. The normalized spacial score (nSPS) is 9.57. The van der Waals surface area contributed by atoms with Gasteiger partial charge in [0.1, 0.15) is 5.82 Å². The molecule has 0 aliphatic heterocycles. The van der Waals surface area contributed by atoms with Crippen molar-refractivity contribution in [1.29, 1.82) is 0 Å². The van der Waals surface area contributed by atoms with Crippen LogP contribution in [0.5, 0.6) is 0 Å². The van der Waals surface area contributed by atoms with E-state index < -0.39 is 17.7 Å². The van der Waals surface area contributed by atoms with Crippen LogP contribution in [0.25, 0.3) is 0 Å². The molecule has 1 amide bonds. The highest BCUT2D eigenvalue weighted by molar-refractivity contribution is 5.97. The quantitative estimate of drug-likeness (QED) is 0.710. The second-order valence-corrected chi connectivity index (χ2v) is 2.55. The number of rotatable bonds is 2. The van der Waals surface area contributed by atoms with Gasteiger partial charge < -0.3 is 10.5 Å². The van der Waals surface area contributed by atoms with Crippen molar-refractivity contribution in [3.63, 3.8) is 0 Å². The molecule has 0 aliphatic rings. The fraction of sp³-hybridized carbons (Fsp3) is 0.111. The topological polar surface area (TPSA) is 69.4 Å². The van der Waals surface area contributed by atoms with E-state index in [1.54, 1.807) is 0 Å². The highest BCUT2D eigenvalue weighted by Gasteiger charge is 2.14. The Kier molecular flexibility index (Phi) is 2.81. The first-order chi connectivity index (χ1) is 6.56. The summed E-state index contributed by atoms with van der Waals surface area (Å²) in [6.07, 6.45) is 0. The van der Waals surface area contributed by atoms with Crippen LogP contribution in [0.1, 0.15) is 20.7 Å². The van der Waals surface area contributed by atoms with E-state index in [0.29, 0.717) is 0 Å². The van der Waals surface area contributed by atoms with E-state index in [-0.39, 0.29) is 11.1 Å². The van der Waals surface area contributed by atoms with Gasteiger partial charge in [0.25, 0.3) is 0 Å². The Labute approximate surface area is 79.5 Å². The number of halogens is 1. The Morgan fingerprint density at radius 3 is 2.57 bits per heavy atom. The average molecular weight is 197 g/mol. The SMILES string of the molecule is COC(=O)c1cc(C(N)=O)ccc1F. The van der Waals surface area contributed by atoms with E-state index in [0.717, 1.165) is 19.2 Å². The number of nitrogens with two attached hydrogens (primary N) is 1. The summed E-state index contributed by atoms with van der Waals surface area (Å²) in [5.41, 5.74) is 4.72. The summed E-state index contributed by atoms with van der Waals surface area (Å²) in [7, 11) is 1.12. The van der Waals surface area contributed by atoms with Crippen LogP contribution in [-0.2, 0) is 4.74 Å². The third kappa shape index (κ3) is 1.87. The standard InChI is InChI=1S/C9H8FNO3/c1-14-9(13)6-4-5(8(11)12)2-3-7(6)10/h2-4H,1H3,(H2,11,12). The minimum absolute atomic E-state index is 0.0619. The lowest BCUT2D eigenvalue weighted by atomic mass is 10.1. The van der Waals surface area contributed by atoms with Crippen molar-refractivity contribution >= 4 is 11.9 Å². The molecular formula is C9H8FNO3. The molecule has 74 valence electrons. The highest BCUT2D eigenvalue weighted by atomic mass is 19.1. The van der Waals surface area contributed by atoms with Crippen LogP contribution in [0, 0.1) is 5.82 Å². The lowest BCUT2D eigenvalue weighted by Gasteiger charge is -2.02. The van der Waals surface area contributed by atoms with Crippen LogP contribution in [0.2, 0.25) is 0 Å². The fourth-order valence-corrected chi connectivity index (χ4v) is 0.945. The molecule has 0 saturated heterocycles. The second kappa shape index (κ2) is 3.87. The van der Waals surface area contributed by atoms with E-state index in [4.69, 9.17) is 5.73 Å². The predicted octanol–water partition coefficient (Wildman–Crippen LogP) is 0.711. The van der Waals surface area contributed by atoms with Crippen LogP contribution in [0.15, 0.2) is 18.2 Å². The first kappa shape index (κ1) is 10.2. The van der Waals surface area contributed by atoms with E-state index in [2.05, 4.69) is 4.74 Å². The molecule has 0 heterocycles. The number of methoxy groups -OCH3 is 1. The molecule has 1 aromatic carbocycles. The van der Waals surface area contributed by atoms with Crippen molar-refractivity contribution in [3.8, 4) is 0 Å². The number of hydrogen-bond acceptors (Lipinski definition) is 3. The molecule has 14 heavy (non-hydrogen) atoms. The van der Waals surface area contributed by atoms with Crippen LogP contribution in [0.3, 0.4) is 0 Å². The molecule has 0 unspecified atom stereocenters. The van der Waals surface area contributed by atoms with Crippen molar-refractivity contribution in [2.45, 2.75) is 0 Å². The zero-order valence-corrected chi connectivity index (χ0v) is 7.41. The third-order valence-corrected chi connectivity index (χ3v) is 1.66. The second-order valence-electron chi connectivity index (χ2n) is 2.55. The van der Waals surface area contributed by atoms with E-state index in [1.165, 1.54) is 6.07 Å². The monoisotopic (exact) mass is 197 g/mol. The summed E-state index contributed by atoms with van der Waals surface area (Å²) in [5, 5.41) is 0. The third-order valence-electron chi connectivity index (χ3n) is 1.66. The van der Waals surface area contributed by atoms with Crippen molar-refractivity contribution in [2.75, 3.05) is 7.11 Å². The first-order valence-corrected chi connectivity index (χ1v) is 3.74. The van der Waals surface area contributed by atoms with E-state index in [1.807, 2.05) is 0 Å². The molecular weight excluding hydrogens is 189 g/mol. The molecule has 0 fully saturated rings. The van der Waals surface area contributed by atoms with Crippen molar-refractivity contribution in [2.24, 2.45) is 5.73 Å². The lowest BCUT2D eigenvalue weighted by molar-refractivity contribution is 0.0595. The van der Waals surface area contributed by atoms with Gasteiger partial charge >= 0.3 is 5.97 Å². The number of ether oxygens (including phenoxy) is 1. The lowest BCUT2D eigenvalue weighted by Crippen LogP contribution is -2.13. The fourth-order valence-electron chi connectivity index (χ4n) is 0.945. The Balaban J connectivity index is 3.21. The molecule has 4 nitrogen and oxygen atoms in total. The summed E-state index contributed by atoms with van der Waals surface area (Å²) < 4.78 is 17.3. The number of primary amides is 1. The summed E-state index contributed by atoms with van der Waals surface area (Å²) in [6.45, 7) is 0. The number of amides is 1. The molecule has 0 radical (unpaired) electrons. The number of benzene rings is 1. The maximum Gasteiger partial charge on any atom is 0.340 e. The number of carbonyl (C=O) groups is 2. The van der Waals surface area contributed by atoms with Gasteiger partial charge in [-0.05, 0) is 18.2 Å². The molecule has 0 saturated carbocycles. The molecule has 0 bridgehead atoms. The minimum atomic E-state index is -0.842. The molecule has 0 aliphatic carbocycles. The van der Waals surface area contributed by atoms with Gasteiger partial charge in [0, 0.05) is 5.56 Å². The summed E-state index contributed by atoms with van der Waals surface area (Å²) in [5.74, 6) is -2.32. The summed E-state index contributed by atoms with van der Waals surface area (Å²) in [4.78, 5) is 21.7. The van der Waals surface area contributed by atoms with Gasteiger partial charge in [-0.2, -0.15) is 0 Å².